The van der Waals surface area contributed by atoms with Crippen molar-refractivity contribution in [2.75, 3.05) is 0 Å². The van der Waals surface area contributed by atoms with E-state index in [0.717, 1.165) is 12.0 Å². The van der Waals surface area contributed by atoms with Crippen LogP contribution in [0.15, 0.2) is 24.5 Å². The lowest BCUT2D eigenvalue weighted by Gasteiger charge is -2.26. The zero-order chi connectivity index (χ0) is 17.5. The molecule has 0 aliphatic carbocycles. The molecule has 23 heavy (non-hydrogen) atoms. The number of hydrogen-bond donors (Lipinski definition) is 2. The van der Waals surface area contributed by atoms with Crippen LogP contribution in [0.1, 0.15) is 46.6 Å². The van der Waals surface area contributed by atoms with Gasteiger partial charge in [-0.3, -0.25) is 9.78 Å². The van der Waals surface area contributed by atoms with Crippen LogP contribution < -0.4 is 10.6 Å². The molecule has 0 saturated heterocycles. The van der Waals surface area contributed by atoms with E-state index in [0.29, 0.717) is 6.54 Å². The van der Waals surface area contributed by atoms with E-state index in [9.17, 15) is 9.59 Å². The van der Waals surface area contributed by atoms with Gasteiger partial charge in [-0.2, -0.15) is 0 Å². The lowest BCUT2D eigenvalue weighted by atomic mass is 9.98. The van der Waals surface area contributed by atoms with E-state index in [2.05, 4.69) is 15.6 Å². The monoisotopic (exact) mass is 321 g/mol. The van der Waals surface area contributed by atoms with Crippen LogP contribution in [0.2, 0.25) is 0 Å². The summed E-state index contributed by atoms with van der Waals surface area (Å²) in [4.78, 5) is 28.4. The predicted octanol–water partition coefficient (Wildman–Crippen LogP) is 2.64. The predicted molar refractivity (Wildman–Crippen MR) is 88.7 cm³/mol. The van der Waals surface area contributed by atoms with Gasteiger partial charge in [0.15, 0.2) is 0 Å². The molecule has 1 aromatic rings. The molecule has 6 nitrogen and oxygen atoms in total. The molecule has 2 N–H and O–H groups in total. The van der Waals surface area contributed by atoms with Crippen LogP contribution in [0.25, 0.3) is 0 Å². The van der Waals surface area contributed by atoms with Gasteiger partial charge in [0.2, 0.25) is 5.91 Å². The van der Waals surface area contributed by atoms with Crippen molar-refractivity contribution in [3.05, 3.63) is 30.1 Å². The molecule has 0 spiro atoms. The van der Waals surface area contributed by atoms with E-state index in [4.69, 9.17) is 4.74 Å². The van der Waals surface area contributed by atoms with Gasteiger partial charge >= 0.3 is 6.09 Å². The quantitative estimate of drug-likeness (QED) is 0.844. The first kappa shape index (κ1) is 18.9. The Labute approximate surface area is 138 Å². The number of nitrogens with one attached hydrogen (secondary N) is 2. The highest BCUT2D eigenvalue weighted by molar-refractivity contribution is 5.85. The molecule has 0 aromatic carbocycles. The normalized spacial score (nSPS) is 13.8. The number of rotatable bonds is 6. The highest BCUT2D eigenvalue weighted by Gasteiger charge is 2.28. The van der Waals surface area contributed by atoms with Crippen molar-refractivity contribution in [2.45, 2.75) is 59.2 Å². The van der Waals surface area contributed by atoms with Crippen LogP contribution in [0.4, 0.5) is 4.79 Å². The molecule has 0 radical (unpaired) electrons. The highest BCUT2D eigenvalue weighted by atomic mass is 16.6. The molecule has 6 heteroatoms. The number of pyridine rings is 1. The fraction of sp³-hybridized carbons (Fsp3) is 0.588. The maximum Gasteiger partial charge on any atom is 0.408 e. The molecule has 1 heterocycles. The number of carbonyl (C=O) groups is 2. The second-order valence-corrected chi connectivity index (χ2v) is 6.59. The van der Waals surface area contributed by atoms with E-state index < -0.39 is 17.7 Å². The molecule has 1 rings (SSSR count). The Morgan fingerprint density at radius 1 is 1.35 bits per heavy atom. The second kappa shape index (κ2) is 8.50. The summed E-state index contributed by atoms with van der Waals surface area (Å²) in [5.74, 6) is -0.231. The number of aromatic nitrogens is 1. The molecule has 0 fully saturated rings. The number of carbonyl (C=O) groups excluding carboxylic acids is 2. The molecule has 2 atom stereocenters. The summed E-state index contributed by atoms with van der Waals surface area (Å²) in [5.41, 5.74) is 0.303. The van der Waals surface area contributed by atoms with Crippen LogP contribution in [0.3, 0.4) is 0 Å². The van der Waals surface area contributed by atoms with Gasteiger partial charge in [0, 0.05) is 18.9 Å². The first-order chi connectivity index (χ1) is 10.7. The van der Waals surface area contributed by atoms with Crippen LogP contribution in [0.5, 0.6) is 0 Å². The third-order valence-electron chi connectivity index (χ3n) is 3.36. The summed E-state index contributed by atoms with van der Waals surface area (Å²) >= 11 is 0. The van der Waals surface area contributed by atoms with Gasteiger partial charge in [0.25, 0.3) is 0 Å². The maximum absolute atomic E-state index is 12.4. The Morgan fingerprint density at radius 3 is 2.57 bits per heavy atom. The molecule has 1 aromatic heterocycles. The molecule has 0 bridgehead atoms. The molecule has 2 amide bonds. The lowest BCUT2D eigenvalue weighted by molar-refractivity contribution is -0.124. The van der Waals surface area contributed by atoms with Crippen LogP contribution in [-0.4, -0.2) is 28.6 Å². The minimum atomic E-state index is -0.633. The highest BCUT2D eigenvalue weighted by Crippen LogP contribution is 2.11. The summed E-state index contributed by atoms with van der Waals surface area (Å²) < 4.78 is 5.24. The van der Waals surface area contributed by atoms with E-state index in [1.807, 2.05) is 26.0 Å². The largest absolute Gasteiger partial charge is 0.444 e. The Bertz CT molecular complexity index is 512. The van der Waals surface area contributed by atoms with E-state index in [1.165, 1.54) is 0 Å². The van der Waals surface area contributed by atoms with Crippen molar-refractivity contribution < 1.29 is 14.3 Å². The van der Waals surface area contributed by atoms with Gasteiger partial charge in [-0.05, 0) is 38.3 Å². The maximum atomic E-state index is 12.4. The first-order valence-electron chi connectivity index (χ1n) is 7.89. The topological polar surface area (TPSA) is 80.3 Å². The van der Waals surface area contributed by atoms with Gasteiger partial charge in [0.05, 0.1) is 0 Å². The van der Waals surface area contributed by atoms with Gasteiger partial charge in [-0.25, -0.2) is 4.79 Å². The van der Waals surface area contributed by atoms with Crippen molar-refractivity contribution in [1.29, 1.82) is 0 Å². The number of amides is 2. The smallest absolute Gasteiger partial charge is 0.408 e. The zero-order valence-corrected chi connectivity index (χ0v) is 14.6. The molecule has 0 aliphatic heterocycles. The van der Waals surface area contributed by atoms with Gasteiger partial charge < -0.3 is 15.4 Å². The Morgan fingerprint density at radius 2 is 2.04 bits per heavy atom. The molecule has 0 aliphatic rings. The summed E-state index contributed by atoms with van der Waals surface area (Å²) in [6.45, 7) is 9.62. The molecule has 0 saturated carbocycles. The standard InChI is InChI=1S/C17H27N3O3/c1-6-12(2)14(20-16(22)23-17(3,4)5)15(21)19-11-13-8-7-9-18-10-13/h7-10,12,14H,6,11H2,1-5H3,(H,19,21)(H,20,22). The lowest BCUT2D eigenvalue weighted by Crippen LogP contribution is -2.51. The summed E-state index contributed by atoms with van der Waals surface area (Å²) in [6, 6.07) is 3.06. The number of alkyl carbamates (subject to hydrolysis) is 1. The van der Waals surface area contributed by atoms with Crippen molar-refractivity contribution in [2.24, 2.45) is 5.92 Å². The summed E-state index contributed by atoms with van der Waals surface area (Å²) in [6.07, 6.45) is 3.55. The van der Waals surface area contributed by atoms with E-state index in [-0.39, 0.29) is 11.8 Å². The minimum Gasteiger partial charge on any atom is -0.444 e. The average molecular weight is 321 g/mol. The number of ether oxygens (including phenoxy) is 1. The average Bonchev–Trinajstić information content (AvgIpc) is 2.49. The van der Waals surface area contributed by atoms with Crippen molar-refractivity contribution in [3.63, 3.8) is 0 Å². The molecular formula is C17H27N3O3. The summed E-state index contributed by atoms with van der Waals surface area (Å²) in [7, 11) is 0. The first-order valence-corrected chi connectivity index (χ1v) is 7.89. The number of nitrogens with zero attached hydrogens (tertiary/aromatic N) is 1. The van der Waals surface area contributed by atoms with Gasteiger partial charge in [-0.1, -0.05) is 26.3 Å². The fourth-order valence-electron chi connectivity index (χ4n) is 1.94. The van der Waals surface area contributed by atoms with Gasteiger partial charge in [0.1, 0.15) is 11.6 Å². The molecule has 128 valence electrons. The SMILES string of the molecule is CCC(C)C(NC(=O)OC(C)(C)C)C(=O)NCc1cccnc1. The third kappa shape index (κ3) is 7.13. The van der Waals surface area contributed by atoms with Crippen molar-refractivity contribution in [3.8, 4) is 0 Å². The van der Waals surface area contributed by atoms with Crippen LogP contribution in [0, 0.1) is 5.92 Å². The molecular weight excluding hydrogens is 294 g/mol. The summed E-state index contributed by atoms with van der Waals surface area (Å²) in [5, 5.41) is 5.50. The van der Waals surface area contributed by atoms with Crippen molar-refractivity contribution in [1.82, 2.24) is 15.6 Å². The Hall–Kier alpha value is -2.11. The van der Waals surface area contributed by atoms with Crippen LogP contribution in [-0.2, 0) is 16.1 Å². The third-order valence-corrected chi connectivity index (χ3v) is 3.36. The Balaban J connectivity index is 2.65. The zero-order valence-electron chi connectivity index (χ0n) is 14.6. The van der Waals surface area contributed by atoms with E-state index >= 15 is 0 Å². The van der Waals surface area contributed by atoms with Crippen molar-refractivity contribution >= 4 is 12.0 Å². The van der Waals surface area contributed by atoms with Gasteiger partial charge in [-0.15, -0.1) is 0 Å². The fourth-order valence-corrected chi connectivity index (χ4v) is 1.94. The minimum absolute atomic E-state index is 0.00332. The second-order valence-electron chi connectivity index (χ2n) is 6.59. The molecule has 2 unspecified atom stereocenters. The Kier molecular flexibility index (Phi) is 7.00. The van der Waals surface area contributed by atoms with Crippen LogP contribution >= 0.6 is 0 Å². The van der Waals surface area contributed by atoms with E-state index in [1.54, 1.807) is 33.2 Å². The number of hydrogen-bond acceptors (Lipinski definition) is 4.